The monoisotopic (exact) mass is 903 g/mol. The summed E-state index contributed by atoms with van der Waals surface area (Å²) < 4.78 is 22.5. The molecule has 0 aliphatic carbocycles. The normalized spacial score (nSPS) is 11.9. The van der Waals surface area contributed by atoms with Crippen molar-refractivity contribution in [1.29, 1.82) is 0 Å². The molecule has 10 aromatic rings. The summed E-state index contributed by atoms with van der Waals surface area (Å²) in [5.41, 5.74) is 7.12. The molecule has 0 spiro atoms. The Kier molecular flexibility index (Phi) is 8.23. The maximum absolute atomic E-state index is 7.00. The zero-order valence-electron chi connectivity index (χ0n) is 29.5. The van der Waals surface area contributed by atoms with Crippen LogP contribution >= 0.6 is 0 Å². The van der Waals surface area contributed by atoms with Crippen LogP contribution in [-0.4, -0.2) is 14.5 Å². The predicted octanol–water partition coefficient (Wildman–Crippen LogP) is 12.6. The van der Waals surface area contributed by atoms with Crippen LogP contribution < -0.4 is 14.4 Å². The van der Waals surface area contributed by atoms with E-state index in [-0.39, 0.29) is 21.1 Å². The van der Waals surface area contributed by atoms with E-state index in [1.165, 1.54) is 0 Å². The van der Waals surface area contributed by atoms with Crippen LogP contribution in [-0.2, 0) is 21.1 Å². The number of fused-ring (bicyclic) bond motifs is 7. The van der Waals surface area contributed by atoms with E-state index in [1.54, 1.807) is 6.20 Å². The second-order valence-electron chi connectivity index (χ2n) is 13.2. The van der Waals surface area contributed by atoms with Crippen molar-refractivity contribution in [3.05, 3.63) is 182 Å². The van der Waals surface area contributed by atoms with Crippen LogP contribution in [0, 0.1) is 12.1 Å². The van der Waals surface area contributed by atoms with E-state index in [0.717, 1.165) is 55.1 Å². The molecule has 11 rings (SSSR count). The van der Waals surface area contributed by atoms with Gasteiger partial charge in [-0.05, 0) is 46.3 Å². The van der Waals surface area contributed by atoms with E-state index in [9.17, 15) is 0 Å². The van der Waals surface area contributed by atoms with Crippen LogP contribution in [0.25, 0.3) is 60.8 Å². The summed E-state index contributed by atoms with van der Waals surface area (Å²) in [6.45, 7) is 0. The number of ether oxygens (including phenoxy) is 2. The first-order valence-electron chi connectivity index (χ1n) is 18.0. The van der Waals surface area contributed by atoms with Crippen molar-refractivity contribution in [1.82, 2.24) is 14.5 Å². The number of hydrogen-bond donors (Lipinski definition) is 0. The van der Waals surface area contributed by atoms with E-state index in [1.807, 2.05) is 120 Å². The molecule has 0 bridgehead atoms. The third kappa shape index (κ3) is 5.39. The van der Waals surface area contributed by atoms with Gasteiger partial charge in [0, 0.05) is 11.6 Å². The topological polar surface area (TPSA) is 65.6 Å². The Morgan fingerprint density at radius 3 is 2.23 bits per heavy atom. The fourth-order valence-electron chi connectivity index (χ4n) is 7.61. The molecule has 1 aliphatic heterocycles. The number of para-hydroxylation sites is 4. The van der Waals surface area contributed by atoms with Gasteiger partial charge in [-0.1, -0.05) is 102 Å². The average Bonchev–Trinajstić information content (AvgIpc) is 3.79. The number of rotatable bonds is 6. The van der Waals surface area contributed by atoms with Gasteiger partial charge < -0.3 is 18.5 Å². The number of pyridine rings is 2. The van der Waals surface area contributed by atoms with Crippen molar-refractivity contribution >= 4 is 50.2 Å². The zero-order valence-corrected chi connectivity index (χ0v) is 31.8. The maximum Gasteiger partial charge on any atom is 2.00 e. The van der Waals surface area contributed by atoms with Gasteiger partial charge in [-0.25, -0.2) is 4.98 Å². The van der Waals surface area contributed by atoms with Crippen LogP contribution in [0.5, 0.6) is 23.1 Å². The van der Waals surface area contributed by atoms with E-state index >= 15 is 0 Å². The number of anilines is 3. The van der Waals surface area contributed by atoms with Crippen LogP contribution in [0.4, 0.5) is 17.4 Å². The van der Waals surface area contributed by atoms with Gasteiger partial charge >= 0.3 is 21.1 Å². The van der Waals surface area contributed by atoms with Crippen molar-refractivity contribution in [3.63, 3.8) is 0 Å². The van der Waals surface area contributed by atoms with Gasteiger partial charge in [0.2, 0.25) is 11.8 Å². The summed E-state index contributed by atoms with van der Waals surface area (Å²) in [6, 6.07) is 61.2. The fourth-order valence-corrected chi connectivity index (χ4v) is 7.61. The number of aromatic nitrogens is 3. The van der Waals surface area contributed by atoms with Gasteiger partial charge in [0.05, 0.1) is 17.1 Å². The van der Waals surface area contributed by atoms with Crippen molar-refractivity contribution in [2.24, 2.45) is 0 Å². The molecule has 6 aromatic carbocycles. The molecule has 5 heterocycles. The molecule has 0 amide bonds. The van der Waals surface area contributed by atoms with Crippen LogP contribution in [0.2, 0.25) is 0 Å². The van der Waals surface area contributed by atoms with E-state index in [2.05, 4.69) is 65.2 Å². The number of nitrogens with zero attached hydrogens (tertiary/aromatic N) is 4. The van der Waals surface area contributed by atoms with Crippen LogP contribution in [0.15, 0.2) is 174 Å². The van der Waals surface area contributed by atoms with Gasteiger partial charge in [0.25, 0.3) is 0 Å². The quantitative estimate of drug-likeness (QED) is 0.155. The molecule has 4 aromatic heterocycles. The molecule has 0 atom stereocenters. The van der Waals surface area contributed by atoms with Gasteiger partial charge in [-0.3, -0.25) is 4.90 Å². The Labute approximate surface area is 336 Å². The minimum atomic E-state index is 0. The summed E-state index contributed by atoms with van der Waals surface area (Å²) in [5, 5.41) is 3.08. The molecule has 0 fully saturated rings. The second-order valence-corrected chi connectivity index (χ2v) is 13.2. The molecular formula is C48H28N4O3Pt. The Morgan fingerprint density at radius 2 is 1.36 bits per heavy atom. The summed E-state index contributed by atoms with van der Waals surface area (Å²) >= 11 is 0. The van der Waals surface area contributed by atoms with Crippen LogP contribution in [0.1, 0.15) is 0 Å². The molecule has 0 saturated heterocycles. The Balaban J connectivity index is 0.00000384. The number of furan rings is 1. The minimum absolute atomic E-state index is 0. The van der Waals surface area contributed by atoms with Crippen molar-refractivity contribution in [3.8, 4) is 51.2 Å². The molecule has 7 nitrogen and oxygen atoms in total. The Hall–Kier alpha value is -6.95. The molecule has 1 aliphatic rings. The zero-order chi connectivity index (χ0) is 36.3. The third-order valence-corrected chi connectivity index (χ3v) is 9.99. The van der Waals surface area contributed by atoms with Gasteiger partial charge in [0.1, 0.15) is 11.4 Å². The van der Waals surface area contributed by atoms with Gasteiger partial charge in [-0.2, -0.15) is 53.5 Å². The molecule has 268 valence electrons. The summed E-state index contributed by atoms with van der Waals surface area (Å²) in [6.07, 6.45) is 1.74. The van der Waals surface area contributed by atoms with Gasteiger partial charge in [-0.15, -0.1) is 11.5 Å². The van der Waals surface area contributed by atoms with Gasteiger partial charge in [0.15, 0.2) is 23.1 Å². The maximum atomic E-state index is 7.00. The Morgan fingerprint density at radius 1 is 0.607 bits per heavy atom. The standard InChI is InChI=1S/C48H28N4O3.Pt/c1-3-16-31(17-4-1)33-20-7-8-23-36(33)44-41(53-43-29-15-28-42(50-43)52-38-25-12-9-21-34(38)35-22-10-13-26-39(35)52)30-49-47-46(44)55-45-37-24-11-14-27-40(37)54-48(45)51(47)32-18-5-2-6-19-32;/h1-18,20-25,27-30H;/q-2;+2. The molecule has 0 radical (unpaired) electrons. The van der Waals surface area contributed by atoms with Crippen molar-refractivity contribution in [2.45, 2.75) is 0 Å². The minimum Gasteiger partial charge on any atom is -0.446 e. The molecule has 56 heavy (non-hydrogen) atoms. The van der Waals surface area contributed by atoms with E-state index in [0.29, 0.717) is 46.2 Å². The van der Waals surface area contributed by atoms with Crippen molar-refractivity contribution in [2.75, 3.05) is 4.90 Å². The second kappa shape index (κ2) is 13.7. The van der Waals surface area contributed by atoms with E-state index < -0.39 is 0 Å². The van der Waals surface area contributed by atoms with Crippen LogP contribution in [0.3, 0.4) is 0 Å². The molecule has 0 N–H and O–H groups in total. The molecular weight excluding hydrogens is 876 g/mol. The molecule has 0 saturated carbocycles. The van der Waals surface area contributed by atoms with Crippen molar-refractivity contribution < 1.29 is 35.0 Å². The first-order valence-corrected chi connectivity index (χ1v) is 18.0. The third-order valence-electron chi connectivity index (χ3n) is 9.99. The average molecular weight is 904 g/mol. The smallest absolute Gasteiger partial charge is 0.446 e. The summed E-state index contributed by atoms with van der Waals surface area (Å²) in [5.74, 6) is 3.76. The molecule has 8 heteroatoms. The van der Waals surface area contributed by atoms with E-state index in [4.69, 9.17) is 23.9 Å². The fraction of sp³-hybridized carbons (Fsp3) is 0. The predicted molar refractivity (Wildman–Crippen MR) is 216 cm³/mol. The number of hydrogen-bond acceptors (Lipinski definition) is 6. The molecule has 0 unspecified atom stereocenters. The summed E-state index contributed by atoms with van der Waals surface area (Å²) in [7, 11) is 0. The summed E-state index contributed by atoms with van der Waals surface area (Å²) in [4.78, 5) is 12.1. The largest absolute Gasteiger partial charge is 2.00 e. The Bertz CT molecular complexity index is 3020. The first-order chi connectivity index (χ1) is 27.3. The SMILES string of the molecule is [Pt+2].[c-]1ccccc1N1c2ncc(Oc3cccc(-n4c5[c-]cccc5c5ccccc54)n3)c(-c3ccccc3-c3ccccc3)c2Oc2c1oc1ccccc21. The first kappa shape index (κ1) is 33.6. The number of benzene rings is 6.